The highest BCUT2D eigenvalue weighted by atomic mass is 16.5. The Morgan fingerprint density at radius 3 is 2.42 bits per heavy atom. The highest BCUT2D eigenvalue weighted by molar-refractivity contribution is 6.94. The molecule has 0 saturated heterocycles. The summed E-state index contributed by atoms with van der Waals surface area (Å²) in [7, 11) is 0. The van der Waals surface area contributed by atoms with E-state index in [-0.39, 0.29) is 30.7 Å². The van der Waals surface area contributed by atoms with Crippen LogP contribution in [-0.2, 0) is 4.74 Å². The van der Waals surface area contributed by atoms with Crippen LogP contribution in [0.25, 0.3) is 44.0 Å². The van der Waals surface area contributed by atoms with Gasteiger partial charge in [0.2, 0.25) is 0 Å². The number of hydrogen-bond donors (Lipinski definition) is 0. The van der Waals surface area contributed by atoms with E-state index in [0.717, 1.165) is 22.5 Å². The van der Waals surface area contributed by atoms with Gasteiger partial charge < -0.3 is 19.0 Å². The Kier molecular flexibility index (Phi) is 4.76. The summed E-state index contributed by atoms with van der Waals surface area (Å²) in [5.74, 6) is 0.215. The molecule has 3 aliphatic carbocycles. The van der Waals surface area contributed by atoms with Crippen molar-refractivity contribution in [1.82, 2.24) is 4.98 Å². The van der Waals surface area contributed by atoms with Gasteiger partial charge in [-0.05, 0) is 92.3 Å². The Balaban J connectivity index is 1.17. The molecule has 5 aliphatic heterocycles. The van der Waals surface area contributed by atoms with Gasteiger partial charge in [-0.2, -0.15) is 0 Å². The molecule has 0 fully saturated rings. The molecule has 4 atom stereocenters. The fourth-order valence-electron chi connectivity index (χ4n) is 11.0. The van der Waals surface area contributed by atoms with Crippen molar-refractivity contribution >= 4 is 73.5 Å². The van der Waals surface area contributed by atoms with Crippen molar-refractivity contribution in [2.24, 2.45) is 11.8 Å². The minimum Gasteiger partial charge on any atom is -0.497 e. The molecule has 14 rings (SSSR count). The zero-order valence-corrected chi connectivity index (χ0v) is 28.4. The number of rotatable bonds is 1. The molecule has 7 heterocycles. The van der Waals surface area contributed by atoms with Crippen molar-refractivity contribution < 1.29 is 9.15 Å². The Bertz CT molecular complexity index is 2970. The van der Waals surface area contributed by atoms with Gasteiger partial charge in [0.25, 0.3) is 0 Å². The summed E-state index contributed by atoms with van der Waals surface area (Å²) in [4.78, 5) is 9.61. The molecule has 4 aromatic carbocycles. The Labute approximate surface area is 305 Å². The van der Waals surface area contributed by atoms with E-state index in [1.807, 2.05) is 12.4 Å². The summed E-state index contributed by atoms with van der Waals surface area (Å²) < 4.78 is 14.5. The topological polar surface area (TPSA) is 41.7 Å². The van der Waals surface area contributed by atoms with Crippen LogP contribution in [0.15, 0.2) is 167 Å². The summed E-state index contributed by atoms with van der Waals surface area (Å²) in [5.41, 5.74) is 19.0. The van der Waals surface area contributed by atoms with E-state index in [4.69, 9.17) is 9.15 Å². The predicted molar refractivity (Wildman–Crippen MR) is 213 cm³/mol. The summed E-state index contributed by atoms with van der Waals surface area (Å²) >= 11 is 0. The number of hydrogen-bond acceptors (Lipinski definition) is 5. The molecular weight excluding hydrogens is 649 g/mol. The lowest BCUT2D eigenvalue weighted by atomic mass is 9.37. The van der Waals surface area contributed by atoms with Gasteiger partial charge in [0, 0.05) is 35.1 Å². The van der Waals surface area contributed by atoms with Crippen LogP contribution in [0.4, 0.5) is 22.7 Å². The molecule has 0 saturated carbocycles. The van der Waals surface area contributed by atoms with Crippen LogP contribution in [0.5, 0.6) is 0 Å². The number of nitrogens with zero attached hydrogens (tertiary/aromatic N) is 3. The number of furan rings is 1. The van der Waals surface area contributed by atoms with E-state index in [0.29, 0.717) is 0 Å². The van der Waals surface area contributed by atoms with Gasteiger partial charge in [-0.15, -0.1) is 0 Å². The fourth-order valence-corrected chi connectivity index (χ4v) is 11.0. The van der Waals surface area contributed by atoms with Crippen molar-refractivity contribution in [2.75, 3.05) is 9.80 Å². The lowest BCUT2D eigenvalue weighted by molar-refractivity contribution is 0.183. The van der Waals surface area contributed by atoms with Crippen LogP contribution in [0.3, 0.4) is 0 Å². The second kappa shape index (κ2) is 9.28. The van der Waals surface area contributed by atoms with Gasteiger partial charge in [-0.3, -0.25) is 4.98 Å². The van der Waals surface area contributed by atoms with Gasteiger partial charge in [-0.25, -0.2) is 0 Å². The summed E-state index contributed by atoms with van der Waals surface area (Å²) in [5, 5.41) is 3.72. The average molecular weight is 678 g/mol. The SMILES string of the molecule is C1=CC2=CC=CC3C2C(=C1)c1cccc2oc4c(c12)N3c1cc(-c2ccncc2)cc2c1B4C1=C3C4C(=CC=CC4O1)c1cccc4cccc(c14)N32. The summed E-state index contributed by atoms with van der Waals surface area (Å²) in [6, 6.07) is 29.3. The molecule has 246 valence electrons. The lowest BCUT2D eigenvalue weighted by Crippen LogP contribution is -2.58. The van der Waals surface area contributed by atoms with Gasteiger partial charge in [-0.1, -0.05) is 91.1 Å². The first-order chi connectivity index (χ1) is 26.3. The van der Waals surface area contributed by atoms with Crippen LogP contribution in [0.2, 0.25) is 0 Å². The number of aromatic nitrogens is 1. The van der Waals surface area contributed by atoms with E-state index in [2.05, 4.69) is 148 Å². The Morgan fingerprint density at radius 1 is 0.698 bits per heavy atom. The molecule has 8 aliphatic rings. The molecule has 6 heteroatoms. The number of benzene rings is 4. The maximum Gasteiger partial charge on any atom is 0.340 e. The van der Waals surface area contributed by atoms with Crippen LogP contribution in [0, 0.1) is 11.8 Å². The summed E-state index contributed by atoms with van der Waals surface area (Å²) in [6.07, 6.45) is 24.2. The number of ether oxygens (including phenoxy) is 1. The van der Waals surface area contributed by atoms with Crippen molar-refractivity contribution in [3.63, 3.8) is 0 Å². The minimum absolute atomic E-state index is 0.0411. The van der Waals surface area contributed by atoms with Gasteiger partial charge in [0.1, 0.15) is 17.3 Å². The molecular formula is C47H28BN3O2. The molecule has 0 amide bonds. The Morgan fingerprint density at radius 2 is 1.49 bits per heavy atom. The van der Waals surface area contributed by atoms with Crippen LogP contribution in [-0.4, -0.2) is 23.8 Å². The maximum atomic E-state index is 7.30. The maximum absolute atomic E-state index is 7.30. The molecule has 2 aromatic heterocycles. The first-order valence-corrected chi connectivity index (χ1v) is 18.6. The molecule has 0 bridgehead atoms. The zero-order chi connectivity index (χ0) is 34.1. The lowest BCUT2D eigenvalue weighted by Gasteiger charge is -2.45. The summed E-state index contributed by atoms with van der Waals surface area (Å²) in [6.45, 7) is -0.209. The third kappa shape index (κ3) is 3.14. The van der Waals surface area contributed by atoms with Crippen LogP contribution in [0.1, 0.15) is 11.1 Å². The number of allylic oxidation sites excluding steroid dienone is 7. The first-order valence-electron chi connectivity index (χ1n) is 18.6. The monoisotopic (exact) mass is 677 g/mol. The van der Waals surface area contributed by atoms with E-state index in [1.54, 1.807) is 0 Å². The van der Waals surface area contributed by atoms with Gasteiger partial charge in [0.15, 0.2) is 0 Å². The van der Waals surface area contributed by atoms with Crippen LogP contribution >= 0.6 is 0 Å². The van der Waals surface area contributed by atoms with Crippen molar-refractivity contribution in [3.05, 3.63) is 174 Å². The third-order valence-electron chi connectivity index (χ3n) is 13.0. The second-order valence-corrected chi connectivity index (χ2v) is 15.3. The zero-order valence-electron chi connectivity index (χ0n) is 28.4. The highest BCUT2D eigenvalue weighted by Crippen LogP contribution is 2.59. The van der Waals surface area contributed by atoms with E-state index >= 15 is 0 Å². The van der Waals surface area contributed by atoms with E-state index in [1.165, 1.54) is 83.5 Å². The van der Waals surface area contributed by atoms with E-state index in [9.17, 15) is 0 Å². The molecule has 6 aromatic rings. The minimum atomic E-state index is -0.209. The quantitative estimate of drug-likeness (QED) is 0.163. The normalized spacial score (nSPS) is 23.9. The number of fused-ring (bicyclic) bond motifs is 8. The molecule has 5 nitrogen and oxygen atoms in total. The standard InChI is InChI=1S/C47H28BN3O2/c1-7-26-9-3-15-33-39(26)29(11-1)31-13-5-17-37-41(31)44-46(52-37)48-43-35(50(33)44)23-28(25-19-21-49-22-20-25)24-36(43)51-34-16-4-10-27-8-2-12-30(40(27)34)32-14-6-18-38-42(32)45(51)47(48)53-38/h1-24,33,38-39,42H. The average Bonchev–Trinajstić information content (AvgIpc) is 3.72. The first kappa shape index (κ1) is 27.2. The van der Waals surface area contributed by atoms with Crippen molar-refractivity contribution in [2.45, 2.75) is 12.1 Å². The molecule has 4 unspecified atom stereocenters. The van der Waals surface area contributed by atoms with Gasteiger partial charge in [0.05, 0.1) is 40.1 Å². The molecule has 53 heavy (non-hydrogen) atoms. The smallest absolute Gasteiger partial charge is 0.340 e. The molecule has 0 radical (unpaired) electrons. The molecule has 0 spiro atoms. The number of anilines is 4. The third-order valence-corrected chi connectivity index (χ3v) is 13.0. The largest absolute Gasteiger partial charge is 0.497 e. The van der Waals surface area contributed by atoms with Crippen LogP contribution < -0.4 is 20.9 Å². The predicted octanol–water partition coefficient (Wildman–Crippen LogP) is 9.04. The second-order valence-electron chi connectivity index (χ2n) is 15.3. The number of pyridine rings is 1. The highest BCUT2D eigenvalue weighted by Gasteiger charge is 2.57. The van der Waals surface area contributed by atoms with Crippen molar-refractivity contribution in [1.29, 1.82) is 0 Å². The van der Waals surface area contributed by atoms with E-state index < -0.39 is 0 Å². The van der Waals surface area contributed by atoms with Gasteiger partial charge >= 0.3 is 6.71 Å². The van der Waals surface area contributed by atoms with Crippen molar-refractivity contribution in [3.8, 4) is 11.1 Å². The molecule has 0 N–H and O–H groups in total. The fraction of sp³-hybridized carbons (Fsp3) is 0.0851. The Hall–Kier alpha value is -6.53.